The number of halogens is 1. The molecule has 0 radical (unpaired) electrons. The summed E-state index contributed by atoms with van der Waals surface area (Å²) in [5.41, 5.74) is 1.09. The maximum Gasteiger partial charge on any atom is 0.137 e. The fourth-order valence-corrected chi connectivity index (χ4v) is 3.56. The number of thioether (sulfide) groups is 1. The molecule has 1 aliphatic rings. The lowest BCUT2D eigenvalue weighted by Crippen LogP contribution is -2.26. The molecule has 0 spiro atoms. The zero-order valence-corrected chi connectivity index (χ0v) is 11.4. The molecule has 0 amide bonds. The van der Waals surface area contributed by atoms with Crippen LogP contribution >= 0.6 is 11.8 Å². The predicted octanol–water partition coefficient (Wildman–Crippen LogP) is 3.79. The minimum atomic E-state index is -0.0972. The average molecular weight is 277 g/mol. The van der Waals surface area contributed by atoms with Crippen LogP contribution in [0.3, 0.4) is 0 Å². The van der Waals surface area contributed by atoms with Crippen LogP contribution in [-0.4, -0.2) is 12.3 Å². The molecular formula is C15H16FNOS. The van der Waals surface area contributed by atoms with E-state index in [2.05, 4.69) is 5.32 Å². The molecule has 2 nitrogen and oxygen atoms in total. The first kappa shape index (κ1) is 12.8. The number of fused-ring (bicyclic) bond motifs is 1. The van der Waals surface area contributed by atoms with E-state index in [1.165, 1.54) is 6.07 Å². The Balaban J connectivity index is 1.65. The van der Waals surface area contributed by atoms with Crippen molar-refractivity contribution in [2.24, 2.45) is 0 Å². The van der Waals surface area contributed by atoms with Gasteiger partial charge in [-0.05, 0) is 35.9 Å². The van der Waals surface area contributed by atoms with E-state index in [4.69, 9.17) is 4.42 Å². The summed E-state index contributed by atoms with van der Waals surface area (Å²) in [7, 11) is 0. The lowest BCUT2D eigenvalue weighted by molar-refractivity contribution is 0.464. The summed E-state index contributed by atoms with van der Waals surface area (Å²) < 4.78 is 19.0. The quantitative estimate of drug-likeness (QED) is 0.920. The third kappa shape index (κ3) is 2.85. The first-order chi connectivity index (χ1) is 9.34. The van der Waals surface area contributed by atoms with Crippen LogP contribution in [-0.2, 0) is 6.42 Å². The highest BCUT2D eigenvalue weighted by Gasteiger charge is 2.22. The topological polar surface area (TPSA) is 25.2 Å². The first-order valence-corrected chi connectivity index (χ1v) is 7.50. The second-order valence-corrected chi connectivity index (χ2v) is 5.74. The van der Waals surface area contributed by atoms with Gasteiger partial charge in [0, 0.05) is 23.9 Å². The van der Waals surface area contributed by atoms with Crippen molar-refractivity contribution in [1.82, 2.24) is 5.32 Å². The van der Waals surface area contributed by atoms with Crippen molar-refractivity contribution in [1.29, 1.82) is 0 Å². The molecule has 0 saturated carbocycles. The molecule has 3 rings (SSSR count). The van der Waals surface area contributed by atoms with Gasteiger partial charge in [0.25, 0.3) is 0 Å². The summed E-state index contributed by atoms with van der Waals surface area (Å²) in [5, 5.41) is 3.50. The van der Waals surface area contributed by atoms with E-state index in [9.17, 15) is 4.39 Å². The lowest BCUT2D eigenvalue weighted by Gasteiger charge is -2.26. The zero-order chi connectivity index (χ0) is 13.1. The average Bonchev–Trinajstić information content (AvgIpc) is 2.93. The van der Waals surface area contributed by atoms with Gasteiger partial charge in [-0.1, -0.05) is 12.1 Å². The van der Waals surface area contributed by atoms with Crippen LogP contribution in [0.25, 0.3) is 0 Å². The minimum Gasteiger partial charge on any atom is -0.469 e. The number of hydrogen-bond donors (Lipinski definition) is 1. The van der Waals surface area contributed by atoms with Crippen LogP contribution < -0.4 is 5.32 Å². The fraction of sp³-hybridized carbons (Fsp3) is 0.333. The highest BCUT2D eigenvalue weighted by Crippen LogP contribution is 2.37. The van der Waals surface area contributed by atoms with Gasteiger partial charge >= 0.3 is 0 Å². The van der Waals surface area contributed by atoms with E-state index in [1.807, 2.05) is 18.2 Å². The molecule has 4 heteroatoms. The number of nitrogens with one attached hydrogen (secondary N) is 1. The summed E-state index contributed by atoms with van der Waals surface area (Å²) in [6, 6.07) is 9.48. The van der Waals surface area contributed by atoms with Crippen LogP contribution in [0.2, 0.25) is 0 Å². The molecule has 1 aromatic heterocycles. The second kappa shape index (κ2) is 5.80. The van der Waals surface area contributed by atoms with Gasteiger partial charge in [0.1, 0.15) is 11.6 Å². The number of furan rings is 1. The first-order valence-electron chi connectivity index (χ1n) is 6.51. The van der Waals surface area contributed by atoms with Crippen molar-refractivity contribution in [3.63, 3.8) is 0 Å². The van der Waals surface area contributed by atoms with Crippen LogP contribution in [0, 0.1) is 5.82 Å². The molecule has 1 aliphatic heterocycles. The highest BCUT2D eigenvalue weighted by molar-refractivity contribution is 7.99. The standard InChI is InChI=1S/C15H16FNOS/c16-13-5-1-4-12-14(7-10-19-15(12)13)17-8-6-11-3-2-9-18-11/h1-5,9,14,17H,6-8,10H2. The van der Waals surface area contributed by atoms with Crippen molar-refractivity contribution < 1.29 is 8.81 Å². The van der Waals surface area contributed by atoms with E-state index in [-0.39, 0.29) is 11.9 Å². The molecule has 2 heterocycles. The Labute approximate surface area is 116 Å². The minimum absolute atomic E-state index is 0.0972. The smallest absolute Gasteiger partial charge is 0.137 e. The zero-order valence-electron chi connectivity index (χ0n) is 10.6. The highest BCUT2D eigenvalue weighted by atomic mass is 32.2. The van der Waals surface area contributed by atoms with Crippen LogP contribution in [0.4, 0.5) is 4.39 Å². The van der Waals surface area contributed by atoms with Gasteiger partial charge in [-0.15, -0.1) is 11.8 Å². The molecule has 0 aliphatic carbocycles. The number of rotatable bonds is 4. The Morgan fingerprint density at radius 2 is 2.26 bits per heavy atom. The summed E-state index contributed by atoms with van der Waals surface area (Å²) >= 11 is 1.62. The molecular weight excluding hydrogens is 261 g/mol. The summed E-state index contributed by atoms with van der Waals surface area (Å²) in [6.07, 6.45) is 3.60. The van der Waals surface area contributed by atoms with Crippen LogP contribution in [0.1, 0.15) is 23.8 Å². The van der Waals surface area contributed by atoms with Crippen molar-refractivity contribution >= 4 is 11.8 Å². The summed E-state index contributed by atoms with van der Waals surface area (Å²) in [6.45, 7) is 0.846. The van der Waals surface area contributed by atoms with Gasteiger partial charge in [-0.2, -0.15) is 0 Å². The van der Waals surface area contributed by atoms with Crippen molar-refractivity contribution in [3.05, 3.63) is 53.7 Å². The van der Waals surface area contributed by atoms with Crippen LogP contribution in [0.5, 0.6) is 0 Å². The molecule has 1 aromatic carbocycles. The molecule has 0 saturated heterocycles. The maximum absolute atomic E-state index is 13.7. The van der Waals surface area contributed by atoms with E-state index in [1.54, 1.807) is 24.1 Å². The molecule has 1 N–H and O–H groups in total. The van der Waals surface area contributed by atoms with Gasteiger partial charge < -0.3 is 9.73 Å². The van der Waals surface area contributed by atoms with Crippen molar-refractivity contribution in [2.75, 3.05) is 12.3 Å². The summed E-state index contributed by atoms with van der Waals surface area (Å²) in [5.74, 6) is 1.85. The van der Waals surface area contributed by atoms with E-state index in [0.717, 1.165) is 41.4 Å². The van der Waals surface area contributed by atoms with E-state index in [0.29, 0.717) is 0 Å². The van der Waals surface area contributed by atoms with Gasteiger partial charge in [-0.25, -0.2) is 4.39 Å². The predicted molar refractivity (Wildman–Crippen MR) is 74.9 cm³/mol. The molecule has 0 bridgehead atoms. The summed E-state index contributed by atoms with van der Waals surface area (Å²) in [4.78, 5) is 0.809. The third-order valence-corrected chi connectivity index (χ3v) is 4.53. The van der Waals surface area contributed by atoms with Crippen molar-refractivity contribution in [2.45, 2.75) is 23.8 Å². The lowest BCUT2D eigenvalue weighted by atomic mass is 10.0. The Morgan fingerprint density at radius 3 is 3.11 bits per heavy atom. The molecule has 1 unspecified atom stereocenters. The third-order valence-electron chi connectivity index (χ3n) is 3.37. The maximum atomic E-state index is 13.7. The normalized spacial score (nSPS) is 18.3. The Bertz CT molecular complexity index is 541. The Morgan fingerprint density at radius 1 is 1.32 bits per heavy atom. The van der Waals surface area contributed by atoms with Gasteiger partial charge in [0.05, 0.1) is 6.26 Å². The Kier molecular flexibility index (Phi) is 3.89. The Hall–Kier alpha value is -1.26. The molecule has 1 atom stereocenters. The molecule has 0 fully saturated rings. The molecule has 100 valence electrons. The number of hydrogen-bond acceptors (Lipinski definition) is 3. The van der Waals surface area contributed by atoms with Gasteiger partial charge in [0.15, 0.2) is 0 Å². The van der Waals surface area contributed by atoms with E-state index >= 15 is 0 Å². The van der Waals surface area contributed by atoms with Crippen molar-refractivity contribution in [3.8, 4) is 0 Å². The second-order valence-electron chi connectivity index (χ2n) is 4.63. The van der Waals surface area contributed by atoms with Crippen LogP contribution in [0.15, 0.2) is 45.9 Å². The van der Waals surface area contributed by atoms with Gasteiger partial charge in [0.2, 0.25) is 0 Å². The number of benzene rings is 1. The SMILES string of the molecule is Fc1cccc2c1SCCC2NCCc1ccco1. The fourth-order valence-electron chi connectivity index (χ4n) is 2.42. The molecule has 19 heavy (non-hydrogen) atoms. The molecule has 2 aromatic rings. The monoisotopic (exact) mass is 277 g/mol. The van der Waals surface area contributed by atoms with E-state index < -0.39 is 0 Å². The largest absolute Gasteiger partial charge is 0.469 e. The van der Waals surface area contributed by atoms with Gasteiger partial charge in [-0.3, -0.25) is 0 Å².